The Morgan fingerprint density at radius 3 is 2.55 bits per heavy atom. The Bertz CT molecular complexity index is 470. The number of nitrogens with zero attached hydrogens (tertiary/aromatic N) is 2. The Kier molecular flexibility index (Phi) is 5.59. The normalized spacial score (nSPS) is 16.9. The zero-order valence-electron chi connectivity index (χ0n) is 11.5. The van der Waals surface area contributed by atoms with Gasteiger partial charge in [0.1, 0.15) is 0 Å². The summed E-state index contributed by atoms with van der Waals surface area (Å²) in [5.41, 5.74) is 0.671. The van der Waals surface area contributed by atoms with E-state index >= 15 is 0 Å². The first kappa shape index (κ1) is 15.0. The predicted octanol–water partition coefficient (Wildman–Crippen LogP) is 2.08. The summed E-state index contributed by atoms with van der Waals surface area (Å²) in [7, 11) is 0. The number of carbonyl (C=O) groups is 1. The second-order valence-electron chi connectivity index (χ2n) is 4.89. The number of hydrogen-bond acceptors (Lipinski definition) is 3. The van der Waals surface area contributed by atoms with Crippen molar-refractivity contribution in [3.05, 3.63) is 41.9 Å². The zero-order valence-corrected chi connectivity index (χ0v) is 12.3. The van der Waals surface area contributed by atoms with E-state index < -0.39 is 0 Å². The number of anilines is 1. The maximum Gasteiger partial charge on any atom is 0.238 e. The third-order valence-electron chi connectivity index (χ3n) is 3.37. The minimum atomic E-state index is -0.0183. The standard InChI is InChI=1S/C15H20ClN3O/c1-2-7-18-8-10-19(11-9-18)12-15(20)17-14-6-4-3-5-13(14)16/h2-6H,1,7-12H2,(H,17,20). The Hall–Kier alpha value is -1.36. The van der Waals surface area contributed by atoms with Gasteiger partial charge in [0, 0.05) is 32.7 Å². The van der Waals surface area contributed by atoms with Crippen molar-refractivity contribution in [1.29, 1.82) is 0 Å². The highest BCUT2D eigenvalue weighted by atomic mass is 35.5. The lowest BCUT2D eigenvalue weighted by Gasteiger charge is -2.33. The lowest BCUT2D eigenvalue weighted by Crippen LogP contribution is -2.48. The number of benzene rings is 1. The molecule has 5 heteroatoms. The first-order valence-electron chi connectivity index (χ1n) is 6.79. The molecule has 0 aliphatic carbocycles. The SMILES string of the molecule is C=CCN1CCN(CC(=O)Nc2ccccc2Cl)CC1. The van der Waals surface area contributed by atoms with Crippen LogP contribution in [-0.2, 0) is 4.79 Å². The highest BCUT2D eigenvalue weighted by molar-refractivity contribution is 6.33. The molecule has 4 nitrogen and oxygen atoms in total. The average molecular weight is 294 g/mol. The molecule has 1 saturated heterocycles. The highest BCUT2D eigenvalue weighted by Gasteiger charge is 2.18. The van der Waals surface area contributed by atoms with Gasteiger partial charge in [-0.05, 0) is 12.1 Å². The van der Waals surface area contributed by atoms with Crippen molar-refractivity contribution in [3.63, 3.8) is 0 Å². The summed E-state index contributed by atoms with van der Waals surface area (Å²) in [4.78, 5) is 16.5. The monoisotopic (exact) mass is 293 g/mol. The fourth-order valence-electron chi connectivity index (χ4n) is 2.27. The predicted molar refractivity (Wildman–Crippen MR) is 83.2 cm³/mol. The van der Waals surface area contributed by atoms with E-state index in [4.69, 9.17) is 11.6 Å². The Balaban J connectivity index is 1.78. The average Bonchev–Trinajstić information content (AvgIpc) is 2.44. The van der Waals surface area contributed by atoms with Gasteiger partial charge in [-0.2, -0.15) is 0 Å². The van der Waals surface area contributed by atoms with Gasteiger partial charge >= 0.3 is 0 Å². The summed E-state index contributed by atoms with van der Waals surface area (Å²) in [6.07, 6.45) is 1.92. The van der Waals surface area contributed by atoms with E-state index in [9.17, 15) is 4.79 Å². The minimum Gasteiger partial charge on any atom is -0.324 e. The van der Waals surface area contributed by atoms with Crippen molar-refractivity contribution >= 4 is 23.2 Å². The Morgan fingerprint density at radius 1 is 1.25 bits per heavy atom. The maximum atomic E-state index is 12.0. The number of halogens is 1. The van der Waals surface area contributed by atoms with Gasteiger partial charge in [0.05, 0.1) is 17.3 Å². The lowest BCUT2D eigenvalue weighted by molar-refractivity contribution is -0.117. The van der Waals surface area contributed by atoms with Crippen LogP contribution in [0.2, 0.25) is 5.02 Å². The molecule has 0 saturated carbocycles. The number of amides is 1. The van der Waals surface area contributed by atoms with Gasteiger partial charge in [-0.15, -0.1) is 6.58 Å². The van der Waals surface area contributed by atoms with E-state index in [1.165, 1.54) is 0 Å². The van der Waals surface area contributed by atoms with Gasteiger partial charge in [0.15, 0.2) is 0 Å². The summed E-state index contributed by atoms with van der Waals surface area (Å²) < 4.78 is 0. The van der Waals surface area contributed by atoms with Gasteiger partial charge in [-0.25, -0.2) is 0 Å². The fraction of sp³-hybridized carbons (Fsp3) is 0.400. The minimum absolute atomic E-state index is 0.0183. The third-order valence-corrected chi connectivity index (χ3v) is 3.70. The summed E-state index contributed by atoms with van der Waals surface area (Å²) in [6.45, 7) is 8.84. The number of para-hydroxylation sites is 1. The summed E-state index contributed by atoms with van der Waals surface area (Å²) >= 11 is 6.02. The topological polar surface area (TPSA) is 35.6 Å². The van der Waals surface area contributed by atoms with E-state index in [0.717, 1.165) is 32.7 Å². The Morgan fingerprint density at radius 2 is 1.90 bits per heavy atom. The van der Waals surface area contributed by atoms with Crippen molar-refractivity contribution in [3.8, 4) is 0 Å². The number of carbonyl (C=O) groups excluding carboxylic acids is 1. The molecule has 0 unspecified atom stereocenters. The molecule has 0 atom stereocenters. The number of piperazine rings is 1. The van der Waals surface area contributed by atoms with Gasteiger partial charge in [0.2, 0.25) is 5.91 Å². The molecule has 0 aromatic heterocycles. The fourth-order valence-corrected chi connectivity index (χ4v) is 2.45. The smallest absolute Gasteiger partial charge is 0.238 e. The van der Waals surface area contributed by atoms with E-state index in [1.54, 1.807) is 6.07 Å². The van der Waals surface area contributed by atoms with Crippen LogP contribution in [-0.4, -0.2) is 55.0 Å². The van der Waals surface area contributed by atoms with Crippen LogP contribution in [0.5, 0.6) is 0 Å². The van der Waals surface area contributed by atoms with Crippen molar-refractivity contribution in [1.82, 2.24) is 9.80 Å². The molecule has 1 aromatic rings. The van der Waals surface area contributed by atoms with E-state index in [2.05, 4.69) is 21.7 Å². The molecule has 0 spiro atoms. The molecule has 1 aromatic carbocycles. The van der Waals surface area contributed by atoms with E-state index in [0.29, 0.717) is 17.3 Å². The molecule has 20 heavy (non-hydrogen) atoms. The lowest BCUT2D eigenvalue weighted by atomic mass is 10.3. The second-order valence-corrected chi connectivity index (χ2v) is 5.30. The maximum absolute atomic E-state index is 12.0. The summed E-state index contributed by atoms with van der Waals surface area (Å²) in [5, 5.41) is 3.42. The largest absolute Gasteiger partial charge is 0.324 e. The van der Waals surface area contributed by atoms with Crippen LogP contribution >= 0.6 is 11.6 Å². The van der Waals surface area contributed by atoms with Crippen LogP contribution in [0.15, 0.2) is 36.9 Å². The third kappa shape index (κ3) is 4.34. The second kappa shape index (κ2) is 7.43. The number of nitrogens with one attached hydrogen (secondary N) is 1. The van der Waals surface area contributed by atoms with Crippen molar-refractivity contribution in [2.24, 2.45) is 0 Å². The van der Waals surface area contributed by atoms with Crippen LogP contribution in [0, 0.1) is 0 Å². The van der Waals surface area contributed by atoms with E-state index in [-0.39, 0.29) is 5.91 Å². The van der Waals surface area contributed by atoms with Crippen molar-refractivity contribution < 1.29 is 4.79 Å². The molecule has 108 valence electrons. The zero-order chi connectivity index (χ0) is 14.4. The molecule has 1 N–H and O–H groups in total. The molecular formula is C15H20ClN3O. The molecule has 1 aliphatic rings. The molecule has 0 bridgehead atoms. The van der Waals surface area contributed by atoms with Gasteiger partial charge < -0.3 is 5.32 Å². The van der Waals surface area contributed by atoms with Gasteiger partial charge in [0.25, 0.3) is 0 Å². The van der Waals surface area contributed by atoms with Gasteiger partial charge in [-0.3, -0.25) is 14.6 Å². The van der Waals surface area contributed by atoms with Crippen LogP contribution < -0.4 is 5.32 Å². The van der Waals surface area contributed by atoms with Crippen LogP contribution in [0.4, 0.5) is 5.69 Å². The van der Waals surface area contributed by atoms with Crippen LogP contribution in [0.25, 0.3) is 0 Å². The molecule has 1 aliphatic heterocycles. The number of rotatable bonds is 5. The number of hydrogen-bond donors (Lipinski definition) is 1. The van der Waals surface area contributed by atoms with Crippen molar-refractivity contribution in [2.75, 3.05) is 44.6 Å². The molecule has 2 rings (SSSR count). The summed E-state index contributed by atoms with van der Waals surface area (Å²) in [5.74, 6) is -0.0183. The van der Waals surface area contributed by atoms with E-state index in [1.807, 2.05) is 24.3 Å². The van der Waals surface area contributed by atoms with Crippen LogP contribution in [0.3, 0.4) is 0 Å². The van der Waals surface area contributed by atoms with Crippen molar-refractivity contribution in [2.45, 2.75) is 0 Å². The highest BCUT2D eigenvalue weighted by Crippen LogP contribution is 2.20. The first-order chi connectivity index (χ1) is 9.69. The first-order valence-corrected chi connectivity index (χ1v) is 7.17. The summed E-state index contributed by atoms with van der Waals surface area (Å²) in [6, 6.07) is 7.28. The molecule has 1 heterocycles. The quantitative estimate of drug-likeness (QED) is 0.845. The Labute approximate surface area is 125 Å². The van der Waals surface area contributed by atoms with Crippen LogP contribution in [0.1, 0.15) is 0 Å². The molecule has 1 amide bonds. The molecular weight excluding hydrogens is 274 g/mol. The van der Waals surface area contributed by atoms with Gasteiger partial charge in [-0.1, -0.05) is 29.8 Å². The molecule has 0 radical (unpaired) electrons. The molecule has 1 fully saturated rings.